The first-order valence-corrected chi connectivity index (χ1v) is 7.72. The normalized spacial score (nSPS) is 13.1. The van der Waals surface area contributed by atoms with Gasteiger partial charge in [0.05, 0.1) is 16.4 Å². The molecule has 7 nitrogen and oxygen atoms in total. The number of halogens is 1. The Morgan fingerprint density at radius 1 is 1.48 bits per heavy atom. The fourth-order valence-electron chi connectivity index (χ4n) is 1.73. The number of ether oxygens (including phenoxy) is 1. The summed E-state index contributed by atoms with van der Waals surface area (Å²) in [6, 6.07) is 1.04. The SMILES string of the molecule is CCOCC(C)NS(=O)(=O)c1cc([N+](=O)[O-])c(F)cc1C. The minimum atomic E-state index is -3.99. The summed E-state index contributed by atoms with van der Waals surface area (Å²) in [4.78, 5) is 9.42. The van der Waals surface area contributed by atoms with Gasteiger partial charge in [0.15, 0.2) is 0 Å². The Kier molecular flexibility index (Phi) is 5.76. The molecule has 21 heavy (non-hydrogen) atoms. The van der Waals surface area contributed by atoms with E-state index in [1.165, 1.54) is 6.92 Å². The Labute approximate surface area is 122 Å². The highest BCUT2D eigenvalue weighted by atomic mass is 32.2. The van der Waals surface area contributed by atoms with Crippen LogP contribution in [0.1, 0.15) is 19.4 Å². The van der Waals surface area contributed by atoms with Crippen molar-refractivity contribution in [2.24, 2.45) is 0 Å². The van der Waals surface area contributed by atoms with Crippen LogP contribution in [0.5, 0.6) is 0 Å². The summed E-state index contributed by atoms with van der Waals surface area (Å²) < 4.78 is 45.3. The zero-order chi connectivity index (χ0) is 16.2. The highest BCUT2D eigenvalue weighted by molar-refractivity contribution is 7.89. The first-order chi connectivity index (χ1) is 9.69. The summed E-state index contributed by atoms with van der Waals surface area (Å²) in [6.45, 7) is 5.34. The Morgan fingerprint density at radius 2 is 2.10 bits per heavy atom. The Hall–Kier alpha value is -1.58. The average Bonchev–Trinajstić information content (AvgIpc) is 2.34. The molecule has 0 aliphatic heterocycles. The predicted molar refractivity (Wildman–Crippen MR) is 74.1 cm³/mol. The minimum Gasteiger partial charge on any atom is -0.380 e. The van der Waals surface area contributed by atoms with Gasteiger partial charge in [0.25, 0.3) is 0 Å². The third-order valence-corrected chi connectivity index (χ3v) is 4.39. The average molecular weight is 320 g/mol. The van der Waals surface area contributed by atoms with Crippen molar-refractivity contribution < 1.29 is 22.5 Å². The number of nitro groups is 1. The highest BCUT2D eigenvalue weighted by Gasteiger charge is 2.25. The minimum absolute atomic E-state index is 0.0919. The highest BCUT2D eigenvalue weighted by Crippen LogP contribution is 2.25. The number of nitrogens with zero attached hydrogens (tertiary/aromatic N) is 1. The summed E-state index contributed by atoms with van der Waals surface area (Å²) in [6.07, 6.45) is 0. The number of aryl methyl sites for hydroxylation is 1. The van der Waals surface area contributed by atoms with Crippen LogP contribution in [0.4, 0.5) is 10.1 Å². The summed E-state index contributed by atoms with van der Waals surface area (Å²) in [7, 11) is -3.99. The van der Waals surface area contributed by atoms with Gasteiger partial charge in [-0.2, -0.15) is 4.39 Å². The van der Waals surface area contributed by atoms with Crippen LogP contribution in [0.2, 0.25) is 0 Å². The van der Waals surface area contributed by atoms with Crippen molar-refractivity contribution in [2.75, 3.05) is 13.2 Å². The predicted octanol–water partition coefficient (Wildman–Crippen LogP) is 1.75. The molecule has 1 rings (SSSR count). The smallest absolute Gasteiger partial charge is 0.306 e. The van der Waals surface area contributed by atoms with Gasteiger partial charge in [0.2, 0.25) is 15.8 Å². The van der Waals surface area contributed by atoms with Gasteiger partial charge in [-0.05, 0) is 32.4 Å². The molecular weight excluding hydrogens is 303 g/mol. The number of nitrogens with one attached hydrogen (secondary N) is 1. The lowest BCUT2D eigenvalue weighted by Gasteiger charge is -2.15. The van der Waals surface area contributed by atoms with Crippen molar-refractivity contribution in [3.8, 4) is 0 Å². The molecule has 0 bridgehead atoms. The Bertz CT molecular complexity index is 633. The van der Waals surface area contributed by atoms with E-state index < -0.39 is 32.5 Å². The van der Waals surface area contributed by atoms with E-state index in [1.807, 2.05) is 0 Å². The van der Waals surface area contributed by atoms with E-state index in [2.05, 4.69) is 4.72 Å². The van der Waals surface area contributed by atoms with Crippen molar-refractivity contribution in [3.63, 3.8) is 0 Å². The van der Waals surface area contributed by atoms with Gasteiger partial charge in [0.1, 0.15) is 0 Å². The van der Waals surface area contributed by atoms with Crippen molar-refractivity contribution in [1.29, 1.82) is 0 Å². The molecule has 0 amide bonds. The molecule has 1 aromatic carbocycles. The van der Waals surface area contributed by atoms with Crippen molar-refractivity contribution in [3.05, 3.63) is 33.6 Å². The molecule has 1 aromatic rings. The van der Waals surface area contributed by atoms with E-state index in [9.17, 15) is 22.9 Å². The van der Waals surface area contributed by atoms with Crippen LogP contribution in [-0.4, -0.2) is 32.6 Å². The molecule has 1 unspecified atom stereocenters. The molecule has 1 atom stereocenters. The fourth-order valence-corrected chi connectivity index (χ4v) is 3.20. The topological polar surface area (TPSA) is 98.5 Å². The number of sulfonamides is 1. The third-order valence-electron chi connectivity index (χ3n) is 2.66. The zero-order valence-electron chi connectivity index (χ0n) is 11.9. The van der Waals surface area contributed by atoms with Crippen molar-refractivity contribution in [1.82, 2.24) is 4.72 Å². The second-order valence-corrected chi connectivity index (χ2v) is 6.19. The van der Waals surface area contributed by atoms with E-state index in [1.54, 1.807) is 13.8 Å². The van der Waals surface area contributed by atoms with Gasteiger partial charge in [0, 0.05) is 18.7 Å². The van der Waals surface area contributed by atoms with Crippen molar-refractivity contribution >= 4 is 15.7 Å². The molecule has 0 fully saturated rings. The lowest BCUT2D eigenvalue weighted by Crippen LogP contribution is -2.36. The summed E-state index contributed by atoms with van der Waals surface area (Å²) in [5.74, 6) is -1.07. The zero-order valence-corrected chi connectivity index (χ0v) is 12.7. The maximum absolute atomic E-state index is 13.4. The van der Waals surface area contributed by atoms with E-state index in [4.69, 9.17) is 4.74 Å². The van der Waals surface area contributed by atoms with E-state index in [0.717, 1.165) is 12.1 Å². The van der Waals surface area contributed by atoms with Crippen molar-refractivity contribution in [2.45, 2.75) is 31.7 Å². The molecule has 0 saturated carbocycles. The molecule has 0 radical (unpaired) electrons. The molecule has 9 heteroatoms. The van der Waals surface area contributed by atoms with Gasteiger partial charge in [-0.15, -0.1) is 0 Å². The van der Waals surface area contributed by atoms with Crippen LogP contribution in [-0.2, 0) is 14.8 Å². The van der Waals surface area contributed by atoms with Crippen LogP contribution in [0, 0.1) is 22.9 Å². The molecule has 0 heterocycles. The van der Waals surface area contributed by atoms with Crippen LogP contribution >= 0.6 is 0 Å². The standard InChI is InChI=1S/C12H17FN2O5S/c1-4-20-7-9(3)14-21(18,19)12-6-11(15(16)17)10(13)5-8(12)2/h5-6,9,14H,4,7H2,1-3H3. The molecule has 0 aromatic heterocycles. The molecule has 0 aliphatic rings. The van der Waals surface area contributed by atoms with Gasteiger partial charge in [-0.3, -0.25) is 10.1 Å². The summed E-state index contributed by atoms with van der Waals surface area (Å²) in [5.41, 5.74) is -0.785. The van der Waals surface area contributed by atoms with Crippen LogP contribution < -0.4 is 4.72 Å². The summed E-state index contributed by atoms with van der Waals surface area (Å²) in [5, 5.41) is 10.7. The van der Waals surface area contributed by atoms with Gasteiger partial charge in [-0.25, -0.2) is 13.1 Å². The quantitative estimate of drug-likeness (QED) is 0.609. The van der Waals surface area contributed by atoms with E-state index in [0.29, 0.717) is 6.61 Å². The number of hydrogen-bond donors (Lipinski definition) is 1. The largest absolute Gasteiger partial charge is 0.380 e. The maximum Gasteiger partial charge on any atom is 0.306 e. The second kappa shape index (κ2) is 6.92. The third kappa shape index (κ3) is 4.45. The number of rotatable bonds is 7. The van der Waals surface area contributed by atoms with Gasteiger partial charge >= 0.3 is 5.69 Å². The lowest BCUT2D eigenvalue weighted by molar-refractivity contribution is -0.387. The molecule has 1 N–H and O–H groups in total. The van der Waals surface area contributed by atoms with Gasteiger partial charge in [-0.1, -0.05) is 0 Å². The van der Waals surface area contributed by atoms with E-state index in [-0.39, 0.29) is 17.1 Å². The Balaban J connectivity index is 3.13. The van der Waals surface area contributed by atoms with E-state index >= 15 is 0 Å². The monoisotopic (exact) mass is 320 g/mol. The molecule has 0 saturated heterocycles. The Morgan fingerprint density at radius 3 is 2.62 bits per heavy atom. The van der Waals surface area contributed by atoms with Gasteiger partial charge < -0.3 is 4.74 Å². The second-order valence-electron chi connectivity index (χ2n) is 4.51. The first-order valence-electron chi connectivity index (χ1n) is 6.23. The number of hydrogen-bond acceptors (Lipinski definition) is 5. The molecular formula is C12H17FN2O5S. The number of nitro benzene ring substituents is 1. The van der Waals surface area contributed by atoms with Crippen LogP contribution in [0.15, 0.2) is 17.0 Å². The molecule has 118 valence electrons. The maximum atomic E-state index is 13.4. The van der Waals surface area contributed by atoms with Crippen LogP contribution in [0.3, 0.4) is 0 Å². The summed E-state index contributed by atoms with van der Waals surface area (Å²) >= 11 is 0. The van der Waals surface area contributed by atoms with Crippen LogP contribution in [0.25, 0.3) is 0 Å². The number of benzene rings is 1. The molecule has 0 spiro atoms. The molecule has 0 aliphatic carbocycles. The lowest BCUT2D eigenvalue weighted by atomic mass is 10.2. The first kappa shape index (κ1) is 17.5. The fraction of sp³-hybridized carbons (Fsp3) is 0.500.